The van der Waals surface area contributed by atoms with E-state index in [1.54, 1.807) is 11.3 Å². The van der Waals surface area contributed by atoms with Gasteiger partial charge in [0, 0.05) is 0 Å². The van der Waals surface area contributed by atoms with Crippen LogP contribution in [-0.4, -0.2) is 0 Å². The Bertz CT molecular complexity index is 432. The first kappa shape index (κ1) is 9.47. The zero-order valence-corrected chi connectivity index (χ0v) is 9.61. The van der Waals surface area contributed by atoms with Crippen LogP contribution in [0.4, 0.5) is 0 Å². The van der Waals surface area contributed by atoms with E-state index < -0.39 is 0 Å². The maximum Gasteiger partial charge on any atom is -0.00118 e. The minimum atomic E-state index is 1.37. The third kappa shape index (κ3) is 1.48. The smallest absolute Gasteiger partial charge is 0.00118 e. The van der Waals surface area contributed by atoms with Crippen molar-refractivity contribution >= 4 is 11.3 Å². The van der Waals surface area contributed by atoms with E-state index in [-0.39, 0.29) is 0 Å². The van der Waals surface area contributed by atoms with Gasteiger partial charge in [-0.1, -0.05) is 18.2 Å². The summed E-state index contributed by atoms with van der Waals surface area (Å²) in [5.74, 6) is 0. The maximum atomic E-state index is 2.24. The molecule has 1 aromatic heterocycles. The Labute approximate surface area is 89.2 Å². The highest BCUT2D eigenvalue weighted by atomic mass is 32.1. The molecule has 0 unspecified atom stereocenters. The van der Waals surface area contributed by atoms with Crippen molar-refractivity contribution in [3.63, 3.8) is 0 Å². The van der Waals surface area contributed by atoms with Gasteiger partial charge in [0.15, 0.2) is 0 Å². The number of thiophene rings is 1. The van der Waals surface area contributed by atoms with Gasteiger partial charge in [-0.2, -0.15) is 11.3 Å². The van der Waals surface area contributed by atoms with Crippen molar-refractivity contribution in [2.45, 2.75) is 20.8 Å². The van der Waals surface area contributed by atoms with Crippen LogP contribution in [0, 0.1) is 20.8 Å². The highest BCUT2D eigenvalue weighted by Gasteiger charge is 2.07. The molecule has 0 spiro atoms. The summed E-state index contributed by atoms with van der Waals surface area (Å²) in [7, 11) is 0. The van der Waals surface area contributed by atoms with Crippen molar-refractivity contribution in [3.8, 4) is 11.1 Å². The zero-order chi connectivity index (χ0) is 10.1. The molecule has 1 heterocycles. The zero-order valence-electron chi connectivity index (χ0n) is 8.79. The molecule has 0 saturated carbocycles. The van der Waals surface area contributed by atoms with Crippen LogP contribution in [0.2, 0.25) is 0 Å². The Hall–Kier alpha value is -1.08. The van der Waals surface area contributed by atoms with Crippen LogP contribution in [-0.2, 0) is 0 Å². The summed E-state index contributed by atoms with van der Waals surface area (Å²) in [4.78, 5) is 0. The monoisotopic (exact) mass is 202 g/mol. The predicted octanol–water partition coefficient (Wildman–Crippen LogP) is 4.34. The first-order valence-electron chi connectivity index (χ1n) is 4.79. The second-order valence-electron chi connectivity index (χ2n) is 3.74. The summed E-state index contributed by atoms with van der Waals surface area (Å²) >= 11 is 1.78. The Morgan fingerprint density at radius 2 is 1.50 bits per heavy atom. The highest BCUT2D eigenvalue weighted by molar-refractivity contribution is 7.08. The highest BCUT2D eigenvalue weighted by Crippen LogP contribution is 2.31. The van der Waals surface area contributed by atoms with Crippen molar-refractivity contribution in [1.29, 1.82) is 0 Å². The molecule has 2 aromatic rings. The molecule has 0 saturated heterocycles. The summed E-state index contributed by atoms with van der Waals surface area (Å²) in [5, 5.41) is 4.45. The van der Waals surface area contributed by atoms with Gasteiger partial charge in [-0.15, -0.1) is 0 Å². The standard InChI is InChI=1S/C13H14S/c1-9-5-4-6-10(2)13(9)12-8-14-7-11(12)3/h4-8H,1-3H3. The van der Waals surface area contributed by atoms with Crippen molar-refractivity contribution in [2.24, 2.45) is 0 Å². The minimum absolute atomic E-state index is 1.37. The summed E-state index contributed by atoms with van der Waals surface area (Å²) in [6.07, 6.45) is 0. The van der Waals surface area contributed by atoms with Gasteiger partial charge in [0.25, 0.3) is 0 Å². The van der Waals surface area contributed by atoms with Crippen molar-refractivity contribution in [3.05, 3.63) is 45.6 Å². The van der Waals surface area contributed by atoms with E-state index in [1.807, 2.05) is 0 Å². The number of hydrogen-bond donors (Lipinski definition) is 0. The average molecular weight is 202 g/mol. The van der Waals surface area contributed by atoms with E-state index in [0.29, 0.717) is 0 Å². The quantitative estimate of drug-likeness (QED) is 0.645. The van der Waals surface area contributed by atoms with E-state index in [4.69, 9.17) is 0 Å². The first-order valence-corrected chi connectivity index (χ1v) is 5.74. The second kappa shape index (κ2) is 3.58. The van der Waals surface area contributed by atoms with Gasteiger partial charge in [0.1, 0.15) is 0 Å². The number of hydrogen-bond acceptors (Lipinski definition) is 1. The Kier molecular flexibility index (Phi) is 2.42. The average Bonchev–Trinajstić information content (AvgIpc) is 2.52. The lowest BCUT2D eigenvalue weighted by Gasteiger charge is -2.08. The molecule has 0 fully saturated rings. The third-order valence-corrected chi connectivity index (χ3v) is 3.47. The fraction of sp³-hybridized carbons (Fsp3) is 0.231. The van der Waals surface area contributed by atoms with Crippen LogP contribution in [0.15, 0.2) is 29.0 Å². The molecule has 0 aliphatic carbocycles. The Morgan fingerprint density at radius 3 is 2.00 bits per heavy atom. The van der Waals surface area contributed by atoms with Gasteiger partial charge >= 0.3 is 0 Å². The van der Waals surface area contributed by atoms with Crippen LogP contribution >= 0.6 is 11.3 Å². The molecule has 2 rings (SSSR count). The molecule has 0 radical (unpaired) electrons. The van der Waals surface area contributed by atoms with E-state index in [1.165, 1.54) is 27.8 Å². The number of aryl methyl sites for hydroxylation is 3. The SMILES string of the molecule is Cc1cscc1-c1c(C)cccc1C. The van der Waals surface area contributed by atoms with Crippen LogP contribution in [0.5, 0.6) is 0 Å². The molecule has 0 bridgehead atoms. The summed E-state index contributed by atoms with van der Waals surface area (Å²) in [6.45, 7) is 6.54. The lowest BCUT2D eigenvalue weighted by Crippen LogP contribution is -1.87. The van der Waals surface area contributed by atoms with E-state index in [9.17, 15) is 0 Å². The fourth-order valence-corrected chi connectivity index (χ4v) is 2.69. The molecule has 14 heavy (non-hydrogen) atoms. The number of benzene rings is 1. The second-order valence-corrected chi connectivity index (χ2v) is 4.48. The molecule has 0 amide bonds. The lowest BCUT2D eigenvalue weighted by molar-refractivity contribution is 1.37. The van der Waals surface area contributed by atoms with E-state index in [0.717, 1.165) is 0 Å². The largest absolute Gasteiger partial charge is 0.151 e. The van der Waals surface area contributed by atoms with Crippen LogP contribution < -0.4 is 0 Å². The fourth-order valence-electron chi connectivity index (χ4n) is 1.86. The van der Waals surface area contributed by atoms with Gasteiger partial charge < -0.3 is 0 Å². The van der Waals surface area contributed by atoms with Crippen molar-refractivity contribution < 1.29 is 0 Å². The first-order chi connectivity index (χ1) is 6.70. The van der Waals surface area contributed by atoms with Crippen LogP contribution in [0.25, 0.3) is 11.1 Å². The van der Waals surface area contributed by atoms with Crippen LogP contribution in [0.3, 0.4) is 0 Å². The minimum Gasteiger partial charge on any atom is -0.151 e. The molecule has 1 heteroatoms. The predicted molar refractivity (Wildman–Crippen MR) is 64.0 cm³/mol. The molecular formula is C13H14S. The third-order valence-electron chi connectivity index (χ3n) is 2.61. The van der Waals surface area contributed by atoms with Crippen molar-refractivity contribution in [2.75, 3.05) is 0 Å². The molecule has 1 aromatic carbocycles. The van der Waals surface area contributed by atoms with Gasteiger partial charge in [0.2, 0.25) is 0 Å². The van der Waals surface area contributed by atoms with Crippen molar-refractivity contribution in [1.82, 2.24) is 0 Å². The van der Waals surface area contributed by atoms with E-state index in [2.05, 4.69) is 49.7 Å². The molecule has 0 N–H and O–H groups in total. The number of rotatable bonds is 1. The molecule has 0 nitrogen and oxygen atoms in total. The molecule has 72 valence electrons. The van der Waals surface area contributed by atoms with E-state index >= 15 is 0 Å². The molecule has 0 aliphatic rings. The maximum absolute atomic E-state index is 2.24. The Balaban J connectivity index is 2.68. The molecular weight excluding hydrogens is 188 g/mol. The van der Waals surface area contributed by atoms with Gasteiger partial charge in [-0.05, 0) is 59.3 Å². The normalized spacial score (nSPS) is 10.5. The van der Waals surface area contributed by atoms with Gasteiger partial charge in [-0.25, -0.2) is 0 Å². The summed E-state index contributed by atoms with van der Waals surface area (Å²) in [5.41, 5.74) is 6.92. The molecule has 0 atom stereocenters. The van der Waals surface area contributed by atoms with Gasteiger partial charge in [0.05, 0.1) is 0 Å². The lowest BCUT2D eigenvalue weighted by atomic mass is 9.96. The molecule has 0 aliphatic heterocycles. The van der Waals surface area contributed by atoms with Gasteiger partial charge in [-0.3, -0.25) is 0 Å². The Morgan fingerprint density at radius 1 is 0.857 bits per heavy atom. The van der Waals surface area contributed by atoms with Crippen LogP contribution in [0.1, 0.15) is 16.7 Å². The topological polar surface area (TPSA) is 0 Å². The summed E-state index contributed by atoms with van der Waals surface area (Å²) < 4.78 is 0. The summed E-state index contributed by atoms with van der Waals surface area (Å²) in [6, 6.07) is 6.48.